The van der Waals surface area contributed by atoms with E-state index in [1.54, 1.807) is 18.2 Å². The topological polar surface area (TPSA) is 49.3 Å². The molecule has 1 rings (SSSR count). The normalized spacial score (nSPS) is 15.1. The summed E-state index contributed by atoms with van der Waals surface area (Å²) < 4.78 is 38.3. The zero-order chi connectivity index (χ0) is 14.8. The van der Waals surface area contributed by atoms with Crippen LogP contribution in [0, 0.1) is 13.8 Å². The first kappa shape index (κ1) is 15.5. The lowest BCUT2D eigenvalue weighted by molar-refractivity contribution is -0.206. The summed E-state index contributed by atoms with van der Waals surface area (Å²) in [4.78, 5) is 10.8. The molecular formula is C13H16F3NO2. The molecule has 6 heteroatoms. The molecule has 0 heterocycles. The number of aliphatic carboxylic acids is 1. The summed E-state index contributed by atoms with van der Waals surface area (Å²) in [7, 11) is 0. The zero-order valence-corrected chi connectivity index (χ0v) is 10.9. The predicted molar refractivity (Wildman–Crippen MR) is 64.9 cm³/mol. The molecule has 3 nitrogen and oxygen atoms in total. The number of carbonyl (C=O) groups is 1. The summed E-state index contributed by atoms with van der Waals surface area (Å²) in [5.41, 5.74) is -0.366. The van der Waals surface area contributed by atoms with E-state index in [2.05, 4.69) is 5.32 Å². The van der Waals surface area contributed by atoms with Crippen molar-refractivity contribution in [2.24, 2.45) is 0 Å². The van der Waals surface area contributed by atoms with Gasteiger partial charge in [-0.3, -0.25) is 5.32 Å². The number of carboxylic acids is 1. The fraction of sp³-hybridized carbons (Fsp3) is 0.462. The smallest absolute Gasteiger partial charge is 0.417 e. The predicted octanol–water partition coefficient (Wildman–Crippen LogP) is 2.80. The molecule has 0 aliphatic carbocycles. The van der Waals surface area contributed by atoms with Gasteiger partial charge in [-0.2, -0.15) is 13.2 Å². The van der Waals surface area contributed by atoms with Crippen LogP contribution >= 0.6 is 0 Å². The van der Waals surface area contributed by atoms with Crippen molar-refractivity contribution in [1.82, 2.24) is 5.32 Å². The lowest BCUT2D eigenvalue weighted by Gasteiger charge is -2.28. The molecule has 106 valence electrons. The molecule has 0 bridgehead atoms. The highest BCUT2D eigenvalue weighted by atomic mass is 19.4. The van der Waals surface area contributed by atoms with Gasteiger partial charge in [-0.05, 0) is 37.5 Å². The number of alkyl halides is 3. The molecule has 2 N–H and O–H groups in total. The van der Waals surface area contributed by atoms with E-state index in [1.807, 2.05) is 13.8 Å². The van der Waals surface area contributed by atoms with Crippen LogP contribution in [0.3, 0.4) is 0 Å². The fourth-order valence-electron chi connectivity index (χ4n) is 1.49. The largest absolute Gasteiger partial charge is 0.480 e. The van der Waals surface area contributed by atoms with Gasteiger partial charge in [-0.1, -0.05) is 18.2 Å². The van der Waals surface area contributed by atoms with Gasteiger partial charge in [0.2, 0.25) is 5.54 Å². The Morgan fingerprint density at radius 2 is 1.84 bits per heavy atom. The standard InChI is InChI=1S/C13H16F3NO2/c1-8-4-5-10(6-9(8)2)7-17-12(3,11(18)19)13(14,15)16/h4-6,17H,7H2,1-3H3,(H,18,19). The highest BCUT2D eigenvalue weighted by Gasteiger charge is 2.57. The lowest BCUT2D eigenvalue weighted by atomic mass is 10.0. The number of rotatable bonds is 4. The Morgan fingerprint density at radius 1 is 1.26 bits per heavy atom. The minimum atomic E-state index is -4.86. The summed E-state index contributed by atoms with van der Waals surface area (Å²) in [5, 5.41) is 10.8. The molecule has 0 aliphatic rings. The highest BCUT2D eigenvalue weighted by molar-refractivity contribution is 5.79. The summed E-state index contributed by atoms with van der Waals surface area (Å²) >= 11 is 0. The summed E-state index contributed by atoms with van der Waals surface area (Å²) in [6.07, 6.45) is -4.86. The maximum Gasteiger partial charge on any atom is 0.417 e. The number of halogens is 3. The molecule has 0 amide bonds. The SMILES string of the molecule is Cc1ccc(CNC(C)(C(=O)O)C(F)(F)F)cc1C. The number of carboxylic acid groups (broad SMARTS) is 1. The molecule has 0 saturated heterocycles. The molecule has 0 spiro atoms. The molecule has 1 unspecified atom stereocenters. The van der Waals surface area contributed by atoms with Crippen molar-refractivity contribution in [2.75, 3.05) is 0 Å². The Bertz CT molecular complexity index is 485. The third-order valence-electron chi connectivity index (χ3n) is 3.21. The van der Waals surface area contributed by atoms with Crippen LogP contribution in [0.4, 0.5) is 13.2 Å². The van der Waals surface area contributed by atoms with Crippen LogP contribution in [-0.4, -0.2) is 22.8 Å². The first-order chi connectivity index (χ1) is 8.58. The number of benzene rings is 1. The minimum Gasteiger partial charge on any atom is -0.480 e. The van der Waals surface area contributed by atoms with Gasteiger partial charge in [-0.15, -0.1) is 0 Å². The quantitative estimate of drug-likeness (QED) is 0.888. The van der Waals surface area contributed by atoms with Crippen molar-refractivity contribution in [3.8, 4) is 0 Å². The van der Waals surface area contributed by atoms with Crippen LogP contribution < -0.4 is 5.32 Å². The molecule has 0 radical (unpaired) electrons. The number of nitrogens with one attached hydrogen (secondary N) is 1. The average molecular weight is 275 g/mol. The van der Waals surface area contributed by atoms with Gasteiger partial charge in [0.1, 0.15) is 0 Å². The van der Waals surface area contributed by atoms with Crippen LogP contribution in [0.2, 0.25) is 0 Å². The first-order valence-electron chi connectivity index (χ1n) is 5.69. The van der Waals surface area contributed by atoms with Crippen molar-refractivity contribution < 1.29 is 23.1 Å². The average Bonchev–Trinajstić information content (AvgIpc) is 2.28. The summed E-state index contributed by atoms with van der Waals surface area (Å²) in [6.45, 7) is 4.20. The highest BCUT2D eigenvalue weighted by Crippen LogP contribution is 2.30. The fourth-order valence-corrected chi connectivity index (χ4v) is 1.49. The van der Waals surface area contributed by atoms with Gasteiger partial charge < -0.3 is 5.11 Å². The van der Waals surface area contributed by atoms with Crippen molar-refractivity contribution >= 4 is 5.97 Å². The Hall–Kier alpha value is -1.56. The molecule has 1 atom stereocenters. The third kappa shape index (κ3) is 3.26. The Labute approximate surface area is 109 Å². The van der Waals surface area contributed by atoms with Crippen LogP contribution in [0.25, 0.3) is 0 Å². The number of hydrogen-bond donors (Lipinski definition) is 2. The maximum absolute atomic E-state index is 12.8. The molecule has 19 heavy (non-hydrogen) atoms. The third-order valence-corrected chi connectivity index (χ3v) is 3.21. The molecule has 1 aromatic rings. The second-order valence-corrected chi connectivity index (χ2v) is 4.70. The van der Waals surface area contributed by atoms with E-state index in [0.29, 0.717) is 12.5 Å². The van der Waals surface area contributed by atoms with Crippen LogP contribution in [0.15, 0.2) is 18.2 Å². The van der Waals surface area contributed by atoms with Gasteiger partial charge in [-0.25, -0.2) is 4.79 Å². The Balaban J connectivity index is 2.89. The molecule has 1 aromatic carbocycles. The zero-order valence-electron chi connectivity index (χ0n) is 10.9. The summed E-state index contributed by atoms with van der Waals surface area (Å²) in [5.74, 6) is -1.94. The van der Waals surface area contributed by atoms with Gasteiger partial charge in [0.15, 0.2) is 0 Å². The summed E-state index contributed by atoms with van der Waals surface area (Å²) in [6, 6.07) is 5.20. The van der Waals surface area contributed by atoms with Crippen molar-refractivity contribution in [3.05, 3.63) is 34.9 Å². The molecule has 0 saturated carbocycles. The molecule has 0 fully saturated rings. The maximum atomic E-state index is 12.8. The monoisotopic (exact) mass is 275 g/mol. The van der Waals surface area contributed by atoms with Crippen molar-refractivity contribution in [3.63, 3.8) is 0 Å². The van der Waals surface area contributed by atoms with E-state index in [1.165, 1.54) is 0 Å². The second-order valence-electron chi connectivity index (χ2n) is 4.70. The van der Waals surface area contributed by atoms with E-state index >= 15 is 0 Å². The second kappa shape index (κ2) is 5.21. The van der Waals surface area contributed by atoms with Gasteiger partial charge in [0.05, 0.1) is 0 Å². The van der Waals surface area contributed by atoms with Crippen LogP contribution in [0.5, 0.6) is 0 Å². The van der Waals surface area contributed by atoms with E-state index in [4.69, 9.17) is 5.11 Å². The van der Waals surface area contributed by atoms with Crippen molar-refractivity contribution in [1.29, 1.82) is 0 Å². The van der Waals surface area contributed by atoms with Crippen LogP contribution in [0.1, 0.15) is 23.6 Å². The lowest BCUT2D eigenvalue weighted by Crippen LogP contribution is -2.59. The first-order valence-corrected chi connectivity index (χ1v) is 5.69. The molecular weight excluding hydrogens is 259 g/mol. The van der Waals surface area contributed by atoms with E-state index in [-0.39, 0.29) is 6.54 Å². The van der Waals surface area contributed by atoms with E-state index in [0.717, 1.165) is 11.1 Å². The van der Waals surface area contributed by atoms with Gasteiger partial charge in [0, 0.05) is 6.54 Å². The molecule has 0 aliphatic heterocycles. The molecule has 0 aromatic heterocycles. The minimum absolute atomic E-state index is 0.163. The van der Waals surface area contributed by atoms with Gasteiger partial charge >= 0.3 is 12.1 Å². The van der Waals surface area contributed by atoms with Crippen molar-refractivity contribution in [2.45, 2.75) is 39.0 Å². The Kier molecular flexibility index (Phi) is 4.25. The van der Waals surface area contributed by atoms with Gasteiger partial charge in [0.25, 0.3) is 0 Å². The number of aryl methyl sites for hydroxylation is 2. The van der Waals surface area contributed by atoms with E-state index in [9.17, 15) is 18.0 Å². The van der Waals surface area contributed by atoms with Crippen LogP contribution in [-0.2, 0) is 11.3 Å². The van der Waals surface area contributed by atoms with E-state index < -0.39 is 17.7 Å². The Morgan fingerprint density at radius 3 is 2.26 bits per heavy atom. The number of hydrogen-bond acceptors (Lipinski definition) is 2.